The van der Waals surface area contributed by atoms with Gasteiger partial charge in [-0.15, -0.1) is 11.3 Å². The van der Waals surface area contributed by atoms with Gasteiger partial charge in [0.05, 0.1) is 16.6 Å². The van der Waals surface area contributed by atoms with Crippen LogP contribution in [0.3, 0.4) is 0 Å². The first kappa shape index (κ1) is 28.6. The van der Waals surface area contributed by atoms with Gasteiger partial charge < -0.3 is 19.3 Å². The molecule has 8 heteroatoms. The zero-order valence-corrected chi connectivity index (χ0v) is 24.7. The maximum Gasteiger partial charge on any atom is 0.336 e. The third-order valence-electron chi connectivity index (χ3n) is 6.81. The number of carboxylic acid groups (broad SMARTS) is 1. The Morgan fingerprint density at radius 3 is 2.07 bits per heavy atom. The number of carboxylic acids is 1. The molecule has 0 saturated carbocycles. The van der Waals surface area contributed by atoms with Gasteiger partial charge in [-0.2, -0.15) is 0 Å². The van der Waals surface area contributed by atoms with E-state index in [1.807, 2.05) is 91.9 Å². The van der Waals surface area contributed by atoms with Gasteiger partial charge in [0.2, 0.25) is 0 Å². The monoisotopic (exact) mass is 600 g/mol. The lowest BCUT2D eigenvalue weighted by Crippen LogP contribution is -2.00. The molecule has 0 fully saturated rings. The van der Waals surface area contributed by atoms with E-state index < -0.39 is 5.97 Å². The van der Waals surface area contributed by atoms with E-state index in [0.29, 0.717) is 46.7 Å². The van der Waals surface area contributed by atoms with Gasteiger partial charge in [0.25, 0.3) is 0 Å². The Morgan fingerprint density at radius 2 is 1.48 bits per heavy atom. The van der Waals surface area contributed by atoms with E-state index in [-0.39, 0.29) is 5.57 Å². The predicted molar refractivity (Wildman–Crippen MR) is 172 cm³/mol. The summed E-state index contributed by atoms with van der Waals surface area (Å²) in [5, 5.41) is 10.9. The fourth-order valence-corrected chi connectivity index (χ4v) is 5.65. The van der Waals surface area contributed by atoms with Gasteiger partial charge >= 0.3 is 5.97 Å². The number of fused-ring (bicyclic) bond motifs is 1. The van der Waals surface area contributed by atoms with Crippen molar-refractivity contribution in [1.82, 2.24) is 9.97 Å². The van der Waals surface area contributed by atoms with E-state index >= 15 is 0 Å². The molecule has 3 aromatic heterocycles. The molecular formula is C36H28N2O5S. The number of hydrogen-bond acceptors (Lipinski definition) is 7. The number of nitrogens with zero attached hydrogens (tertiary/aromatic N) is 2. The second-order valence-electron chi connectivity index (χ2n) is 9.98. The zero-order chi connectivity index (χ0) is 30.3. The number of rotatable bonds is 11. The van der Waals surface area contributed by atoms with Crippen LogP contribution in [-0.2, 0) is 18.0 Å². The molecule has 218 valence electrons. The molecule has 0 radical (unpaired) electrons. The molecule has 0 atom stereocenters. The van der Waals surface area contributed by atoms with Crippen molar-refractivity contribution in [3.05, 3.63) is 143 Å². The number of aliphatic carboxylic acids is 1. The minimum atomic E-state index is -1.06. The van der Waals surface area contributed by atoms with Crippen LogP contribution in [0.1, 0.15) is 27.3 Å². The average molecular weight is 601 g/mol. The van der Waals surface area contributed by atoms with Crippen molar-refractivity contribution < 1.29 is 24.1 Å². The molecule has 6 aromatic rings. The van der Waals surface area contributed by atoms with Crippen LogP contribution in [0.5, 0.6) is 23.0 Å². The summed E-state index contributed by atoms with van der Waals surface area (Å²) in [6.07, 6.45) is 6.42. The Hall–Kier alpha value is -5.47. The van der Waals surface area contributed by atoms with E-state index in [9.17, 15) is 9.90 Å². The SMILES string of the molecule is Cc1ccc(Oc2c(/C=C(/C(=O)O)c3ccncc3)sc3cc(OCc4ccccc4)c(OCc4ccccc4)cc23)cn1. The molecule has 0 saturated heterocycles. The summed E-state index contributed by atoms with van der Waals surface area (Å²) in [4.78, 5) is 21.4. The number of carbonyl (C=O) groups is 1. The number of thiophene rings is 1. The summed E-state index contributed by atoms with van der Waals surface area (Å²) >= 11 is 1.41. The highest BCUT2D eigenvalue weighted by Crippen LogP contribution is 2.46. The van der Waals surface area contributed by atoms with Crippen LogP contribution in [0.4, 0.5) is 0 Å². The van der Waals surface area contributed by atoms with Gasteiger partial charge in [-0.1, -0.05) is 60.7 Å². The van der Waals surface area contributed by atoms with Crippen LogP contribution in [0.15, 0.2) is 116 Å². The van der Waals surface area contributed by atoms with Crippen molar-refractivity contribution in [1.29, 1.82) is 0 Å². The molecule has 0 amide bonds. The second kappa shape index (κ2) is 13.2. The Bertz CT molecular complexity index is 1910. The summed E-state index contributed by atoms with van der Waals surface area (Å²) in [7, 11) is 0. The van der Waals surface area contributed by atoms with Crippen LogP contribution in [0.2, 0.25) is 0 Å². The number of benzene rings is 3. The van der Waals surface area contributed by atoms with E-state index in [1.165, 1.54) is 11.3 Å². The van der Waals surface area contributed by atoms with Gasteiger partial charge in [0, 0.05) is 34.2 Å². The minimum Gasteiger partial charge on any atom is -0.485 e. The Labute approximate surface area is 258 Å². The number of aromatic nitrogens is 2. The topological polar surface area (TPSA) is 90.8 Å². The van der Waals surface area contributed by atoms with Crippen LogP contribution >= 0.6 is 11.3 Å². The second-order valence-corrected chi connectivity index (χ2v) is 11.1. The van der Waals surface area contributed by atoms with Crippen LogP contribution in [-0.4, -0.2) is 21.0 Å². The highest BCUT2D eigenvalue weighted by molar-refractivity contribution is 7.20. The van der Waals surface area contributed by atoms with Crippen molar-refractivity contribution in [2.75, 3.05) is 0 Å². The maximum atomic E-state index is 12.4. The summed E-state index contributed by atoms with van der Waals surface area (Å²) in [6.45, 7) is 2.60. The van der Waals surface area contributed by atoms with E-state index in [4.69, 9.17) is 14.2 Å². The standard InChI is InChI=1S/C36H28N2O5S/c1-24-12-13-28(21-38-24)43-35-30-18-31(41-22-25-8-4-2-5-9-25)32(42-23-26-10-6-3-7-11-26)20-33(30)44-34(35)19-29(36(39)40)27-14-16-37-17-15-27/h2-21H,22-23H2,1H3,(H,39,40)/b29-19+. The molecule has 6 rings (SSSR count). The molecule has 0 spiro atoms. The van der Waals surface area contributed by atoms with Crippen molar-refractivity contribution >= 4 is 39.0 Å². The third kappa shape index (κ3) is 6.77. The van der Waals surface area contributed by atoms with E-state index in [2.05, 4.69) is 9.97 Å². The molecule has 44 heavy (non-hydrogen) atoms. The van der Waals surface area contributed by atoms with Gasteiger partial charge in [-0.25, -0.2) is 4.79 Å². The summed E-state index contributed by atoms with van der Waals surface area (Å²) in [5.41, 5.74) is 3.55. The highest BCUT2D eigenvalue weighted by Gasteiger charge is 2.21. The normalized spacial score (nSPS) is 11.3. The summed E-state index contributed by atoms with van der Waals surface area (Å²) in [6, 6.07) is 30.7. The summed E-state index contributed by atoms with van der Waals surface area (Å²) in [5.74, 6) is 1.09. The molecule has 0 aliphatic rings. The van der Waals surface area contributed by atoms with Crippen molar-refractivity contribution in [2.45, 2.75) is 20.1 Å². The highest BCUT2D eigenvalue weighted by atomic mass is 32.1. The van der Waals surface area contributed by atoms with Gasteiger partial charge in [0.1, 0.15) is 19.0 Å². The quantitative estimate of drug-likeness (QED) is 0.149. The predicted octanol–water partition coefficient (Wildman–Crippen LogP) is 8.58. The lowest BCUT2D eigenvalue weighted by molar-refractivity contribution is -0.130. The first-order valence-corrected chi connectivity index (χ1v) is 14.7. The molecule has 3 heterocycles. The van der Waals surface area contributed by atoms with Gasteiger partial charge in [0.15, 0.2) is 17.2 Å². The van der Waals surface area contributed by atoms with Gasteiger partial charge in [-0.05, 0) is 60.0 Å². The molecule has 0 aliphatic carbocycles. The Balaban J connectivity index is 1.48. The molecule has 0 aliphatic heterocycles. The minimum absolute atomic E-state index is 0.118. The third-order valence-corrected chi connectivity index (χ3v) is 7.89. The van der Waals surface area contributed by atoms with Crippen molar-refractivity contribution in [3.8, 4) is 23.0 Å². The number of hydrogen-bond donors (Lipinski definition) is 1. The summed E-state index contributed by atoms with van der Waals surface area (Å²) < 4.78 is 19.9. The first-order valence-electron chi connectivity index (χ1n) is 13.9. The van der Waals surface area contributed by atoms with Crippen LogP contribution in [0.25, 0.3) is 21.7 Å². The fraction of sp³-hybridized carbons (Fsp3) is 0.0833. The largest absolute Gasteiger partial charge is 0.485 e. The number of aryl methyl sites for hydroxylation is 1. The molecular weight excluding hydrogens is 572 g/mol. The molecule has 0 bridgehead atoms. The fourth-order valence-electron chi connectivity index (χ4n) is 4.56. The van der Waals surface area contributed by atoms with Crippen molar-refractivity contribution in [2.24, 2.45) is 0 Å². The maximum absolute atomic E-state index is 12.4. The molecule has 7 nitrogen and oxygen atoms in total. The average Bonchev–Trinajstić information content (AvgIpc) is 3.38. The zero-order valence-electron chi connectivity index (χ0n) is 23.8. The van der Waals surface area contributed by atoms with Gasteiger partial charge in [-0.3, -0.25) is 9.97 Å². The van der Waals surface area contributed by atoms with Crippen LogP contribution in [0, 0.1) is 6.92 Å². The lowest BCUT2D eigenvalue weighted by Gasteiger charge is -2.14. The smallest absolute Gasteiger partial charge is 0.336 e. The van der Waals surface area contributed by atoms with Crippen LogP contribution < -0.4 is 14.2 Å². The van der Waals surface area contributed by atoms with Crippen molar-refractivity contribution in [3.63, 3.8) is 0 Å². The number of ether oxygens (including phenoxy) is 3. The molecule has 0 unspecified atom stereocenters. The number of pyridine rings is 2. The van der Waals surface area contributed by atoms with E-state index in [1.54, 1.807) is 36.8 Å². The molecule has 3 aromatic carbocycles. The first-order chi connectivity index (χ1) is 21.5. The molecule has 1 N–H and O–H groups in total. The Morgan fingerprint density at radius 1 is 0.841 bits per heavy atom. The van der Waals surface area contributed by atoms with E-state index in [0.717, 1.165) is 26.9 Å². The lowest BCUT2D eigenvalue weighted by atomic mass is 10.1. The Kier molecular flexibility index (Phi) is 8.61.